The molecule has 0 amide bonds. The highest BCUT2D eigenvalue weighted by Gasteiger charge is 1.79. The summed E-state index contributed by atoms with van der Waals surface area (Å²) in [6.45, 7) is 0. The minimum Gasteiger partial charge on any atom is -0.276 e. The van der Waals surface area contributed by atoms with Gasteiger partial charge in [0.2, 0.25) is 5.24 Å². The van der Waals surface area contributed by atoms with Crippen molar-refractivity contribution in [2.45, 2.75) is 0 Å². The van der Waals surface area contributed by atoms with E-state index in [9.17, 15) is 4.79 Å². The molecule has 0 bridgehead atoms. The molecule has 0 atom stereocenters. The van der Waals surface area contributed by atoms with Crippen LogP contribution in [0.25, 0.3) is 0 Å². The van der Waals surface area contributed by atoms with Crippen molar-refractivity contribution in [2.24, 2.45) is 0 Å². The molecule has 0 saturated heterocycles. The van der Waals surface area contributed by atoms with Crippen LogP contribution in [0.5, 0.6) is 0 Å². The average Bonchev–Trinajstić information content (AvgIpc) is 1.61. The number of allylic oxidation sites excluding steroid dienone is 2. The van der Waals surface area contributed by atoms with Crippen LogP contribution in [-0.4, -0.2) is 11.1 Å². The molecule has 0 radical (unpaired) electrons. The summed E-state index contributed by atoms with van der Waals surface area (Å²) in [5.41, 5.74) is 0. The summed E-state index contributed by atoms with van der Waals surface area (Å²) in [5.74, 6) is 0.332. The van der Waals surface area contributed by atoms with Gasteiger partial charge in [0, 0.05) is 5.88 Å². The summed E-state index contributed by atoms with van der Waals surface area (Å²) in [6.07, 6.45) is 2.70. The van der Waals surface area contributed by atoms with Gasteiger partial charge in [0.1, 0.15) is 0 Å². The third kappa shape index (κ3) is 5.99. The quantitative estimate of drug-likeness (QED) is 0.322. The zero-order chi connectivity index (χ0) is 5.70. The highest BCUT2D eigenvalue weighted by Crippen LogP contribution is 1.83. The van der Waals surface area contributed by atoms with Crippen LogP contribution < -0.4 is 0 Å². The molecule has 0 rings (SSSR count). The third-order valence-electron chi connectivity index (χ3n) is 0.338. The van der Waals surface area contributed by atoms with E-state index in [1.165, 1.54) is 12.2 Å². The topological polar surface area (TPSA) is 17.1 Å². The summed E-state index contributed by atoms with van der Waals surface area (Å²) in [7, 11) is 0. The third-order valence-corrected chi connectivity index (χ3v) is 0.642. The molecular weight excluding hydrogens is 135 g/mol. The van der Waals surface area contributed by atoms with E-state index in [4.69, 9.17) is 23.2 Å². The van der Waals surface area contributed by atoms with E-state index >= 15 is 0 Å². The van der Waals surface area contributed by atoms with Gasteiger partial charge in [0.05, 0.1) is 0 Å². The van der Waals surface area contributed by atoms with Crippen LogP contribution in [0.2, 0.25) is 0 Å². The summed E-state index contributed by atoms with van der Waals surface area (Å²) < 4.78 is 0. The molecule has 0 aromatic heterocycles. The molecule has 0 aliphatic heterocycles. The van der Waals surface area contributed by atoms with Crippen molar-refractivity contribution < 1.29 is 4.79 Å². The first-order chi connectivity index (χ1) is 3.27. The lowest BCUT2D eigenvalue weighted by atomic mass is 10.6. The van der Waals surface area contributed by atoms with Crippen LogP contribution in [0.3, 0.4) is 0 Å². The Morgan fingerprint density at radius 1 is 1.71 bits per heavy atom. The van der Waals surface area contributed by atoms with Crippen LogP contribution in [0.4, 0.5) is 0 Å². The van der Waals surface area contributed by atoms with Crippen LogP contribution >= 0.6 is 23.2 Å². The maximum Gasteiger partial charge on any atom is 0.244 e. The lowest BCUT2D eigenvalue weighted by Gasteiger charge is -1.70. The van der Waals surface area contributed by atoms with Crippen molar-refractivity contribution >= 4 is 28.4 Å². The van der Waals surface area contributed by atoms with Gasteiger partial charge < -0.3 is 0 Å². The molecule has 0 fully saturated rings. The highest BCUT2D eigenvalue weighted by molar-refractivity contribution is 6.66. The number of alkyl halides is 1. The minimum atomic E-state index is -0.486. The van der Waals surface area contributed by atoms with Crippen LogP contribution in [-0.2, 0) is 4.79 Å². The zero-order valence-electron chi connectivity index (χ0n) is 3.53. The minimum absolute atomic E-state index is 0.332. The summed E-state index contributed by atoms with van der Waals surface area (Å²) in [5, 5.41) is -0.486. The van der Waals surface area contributed by atoms with E-state index in [-0.39, 0.29) is 0 Å². The van der Waals surface area contributed by atoms with Crippen molar-refractivity contribution in [1.82, 2.24) is 0 Å². The smallest absolute Gasteiger partial charge is 0.244 e. The zero-order valence-corrected chi connectivity index (χ0v) is 5.04. The van der Waals surface area contributed by atoms with Crippen molar-refractivity contribution in [3.05, 3.63) is 12.2 Å². The first-order valence-electron chi connectivity index (χ1n) is 1.69. The number of rotatable bonds is 2. The molecule has 1 nitrogen and oxygen atoms in total. The fourth-order valence-corrected chi connectivity index (χ4v) is 0.315. The fourth-order valence-electron chi connectivity index (χ4n) is 0.137. The highest BCUT2D eigenvalue weighted by atomic mass is 35.5. The van der Waals surface area contributed by atoms with Gasteiger partial charge in [-0.2, -0.15) is 0 Å². The normalized spacial score (nSPS) is 10.0. The monoisotopic (exact) mass is 138 g/mol. The Labute approximate surface area is 51.9 Å². The van der Waals surface area contributed by atoms with Gasteiger partial charge >= 0.3 is 0 Å². The van der Waals surface area contributed by atoms with Crippen molar-refractivity contribution in [2.75, 3.05) is 5.88 Å². The maximum atomic E-state index is 9.82. The average molecular weight is 139 g/mol. The Bertz CT molecular complexity index is 87.7. The molecule has 0 saturated carbocycles. The number of carbonyl (C=O) groups is 1. The van der Waals surface area contributed by atoms with Crippen molar-refractivity contribution in [3.63, 3.8) is 0 Å². The number of hydrogen-bond donors (Lipinski definition) is 0. The molecule has 0 unspecified atom stereocenters. The van der Waals surface area contributed by atoms with E-state index < -0.39 is 5.24 Å². The molecule has 40 valence electrons. The summed E-state index contributed by atoms with van der Waals surface area (Å²) >= 11 is 10.0. The van der Waals surface area contributed by atoms with Gasteiger partial charge in [-0.3, -0.25) is 4.79 Å². The molecule has 0 aliphatic rings. The lowest BCUT2D eigenvalue weighted by molar-refractivity contribution is -0.107. The molecule has 0 aliphatic carbocycles. The van der Waals surface area contributed by atoms with E-state index in [2.05, 4.69) is 0 Å². The Morgan fingerprint density at radius 2 is 2.29 bits per heavy atom. The molecule has 0 heterocycles. The van der Waals surface area contributed by atoms with E-state index in [1.54, 1.807) is 0 Å². The molecule has 0 spiro atoms. The number of carbonyl (C=O) groups excluding carboxylic acids is 1. The maximum absolute atomic E-state index is 9.82. The van der Waals surface area contributed by atoms with Crippen molar-refractivity contribution in [1.29, 1.82) is 0 Å². The molecule has 0 aromatic rings. The van der Waals surface area contributed by atoms with Crippen LogP contribution in [0.15, 0.2) is 12.2 Å². The molecule has 3 heteroatoms. The largest absolute Gasteiger partial charge is 0.276 e. The standard InChI is InChI=1S/C4H4Cl2O/c5-3-1-2-4(6)7/h1-2H,3H2/b2-1+. The molecule has 7 heavy (non-hydrogen) atoms. The Hall–Kier alpha value is -0.0100. The second kappa shape index (κ2) is 4.16. The summed E-state index contributed by atoms with van der Waals surface area (Å²) in [6, 6.07) is 0. The first-order valence-corrected chi connectivity index (χ1v) is 2.60. The predicted molar refractivity (Wildman–Crippen MR) is 30.7 cm³/mol. The van der Waals surface area contributed by atoms with E-state index in [0.29, 0.717) is 5.88 Å². The number of hydrogen-bond acceptors (Lipinski definition) is 1. The first kappa shape index (κ1) is 6.99. The SMILES string of the molecule is O=C(Cl)/C=C/CCl. The molecule has 0 N–H and O–H groups in total. The predicted octanol–water partition coefficient (Wildman–Crippen LogP) is 1.55. The molecule has 0 aromatic carbocycles. The van der Waals surface area contributed by atoms with Gasteiger partial charge in [-0.1, -0.05) is 6.08 Å². The number of halogens is 2. The van der Waals surface area contributed by atoms with Crippen LogP contribution in [0, 0.1) is 0 Å². The van der Waals surface area contributed by atoms with Crippen molar-refractivity contribution in [3.8, 4) is 0 Å². The van der Waals surface area contributed by atoms with Gasteiger partial charge in [0.25, 0.3) is 0 Å². The molecular formula is C4H4Cl2O. The van der Waals surface area contributed by atoms with Gasteiger partial charge in [-0.25, -0.2) is 0 Å². The second-order valence-corrected chi connectivity index (χ2v) is 1.54. The lowest BCUT2D eigenvalue weighted by Crippen LogP contribution is -1.73. The van der Waals surface area contributed by atoms with E-state index in [1.807, 2.05) is 0 Å². The van der Waals surface area contributed by atoms with E-state index in [0.717, 1.165) is 0 Å². The summed E-state index contributed by atoms with van der Waals surface area (Å²) in [4.78, 5) is 9.82. The Kier molecular flexibility index (Phi) is 4.15. The fraction of sp³-hybridized carbons (Fsp3) is 0.250. The van der Waals surface area contributed by atoms with Gasteiger partial charge in [-0.05, 0) is 17.7 Å². The van der Waals surface area contributed by atoms with Crippen LogP contribution in [0.1, 0.15) is 0 Å². The Balaban J connectivity index is 3.26. The second-order valence-electron chi connectivity index (χ2n) is 0.861. The van der Waals surface area contributed by atoms with Gasteiger partial charge in [-0.15, -0.1) is 11.6 Å². The van der Waals surface area contributed by atoms with Gasteiger partial charge in [0.15, 0.2) is 0 Å². The Morgan fingerprint density at radius 3 is 2.43 bits per heavy atom.